The van der Waals surface area contributed by atoms with E-state index in [4.69, 9.17) is 47.4 Å². The first-order valence-electron chi connectivity index (χ1n) is 19.3. The largest absolute Gasteiger partial charge is 0.463 e. The molecule has 3 aromatic rings. The van der Waals surface area contributed by atoms with E-state index in [1.807, 2.05) is 91.0 Å². The molecule has 324 valence electrons. The highest BCUT2D eigenvalue weighted by atomic mass is 33.1. The van der Waals surface area contributed by atoms with Gasteiger partial charge in [0.05, 0.1) is 19.8 Å². The first kappa shape index (κ1) is 46.6. The Hall–Kier alpha value is -4.49. The molecule has 0 aliphatic carbocycles. The summed E-state index contributed by atoms with van der Waals surface area (Å²) in [5.74, 6) is -3.39. The standard InChI is InChI=1S/C43H50O15S2/c1-26(44)49-24-34-36(51-21-31-15-9-6-10-16-31)38(52-22-32-17-11-7-12-18-32)40(53-23-33-19-13-8-14-20-33)42(57-34)59-60-43-41(56-30(5)48)39(55-29(4)47)37(54-28(3)46)35(58-43)25-50-27(2)45/h6-20,34-43H,21-25H2,1-5H3/t34-,35-,36-,37-,38+,39+,40-,41-,42-,43+/m1/s1. The van der Waals surface area contributed by atoms with Gasteiger partial charge in [0.1, 0.15) is 49.2 Å². The number of benzene rings is 3. The summed E-state index contributed by atoms with van der Waals surface area (Å²) in [6, 6.07) is 28.7. The first-order chi connectivity index (χ1) is 28.9. The molecule has 2 aliphatic rings. The molecule has 0 saturated carbocycles. The van der Waals surface area contributed by atoms with Gasteiger partial charge in [-0.25, -0.2) is 0 Å². The van der Waals surface area contributed by atoms with Crippen molar-refractivity contribution >= 4 is 51.4 Å². The lowest BCUT2D eigenvalue weighted by molar-refractivity contribution is -0.253. The number of carbonyl (C=O) groups is 5. The van der Waals surface area contributed by atoms with Gasteiger partial charge < -0.3 is 47.4 Å². The normalized spacial score (nSPS) is 26.3. The third kappa shape index (κ3) is 14.3. The zero-order chi connectivity index (χ0) is 43.0. The van der Waals surface area contributed by atoms with Gasteiger partial charge in [0.2, 0.25) is 0 Å². The minimum absolute atomic E-state index is 0.154. The van der Waals surface area contributed by atoms with E-state index in [-0.39, 0.29) is 33.0 Å². The summed E-state index contributed by atoms with van der Waals surface area (Å²) in [5, 5.41) is 0. The molecule has 10 atom stereocenters. The number of carbonyl (C=O) groups excluding carboxylic acids is 5. The van der Waals surface area contributed by atoms with Gasteiger partial charge in [-0.15, -0.1) is 0 Å². The van der Waals surface area contributed by atoms with Crippen LogP contribution in [0.3, 0.4) is 0 Å². The van der Waals surface area contributed by atoms with E-state index in [1.165, 1.54) is 20.8 Å². The van der Waals surface area contributed by atoms with Crippen LogP contribution in [0.5, 0.6) is 0 Å². The van der Waals surface area contributed by atoms with Gasteiger partial charge in [-0.1, -0.05) is 113 Å². The average Bonchev–Trinajstić information content (AvgIpc) is 3.21. The Bertz CT molecular complexity index is 1840. The molecule has 2 heterocycles. The monoisotopic (exact) mass is 870 g/mol. The first-order valence-corrected chi connectivity index (χ1v) is 21.5. The zero-order valence-corrected chi connectivity index (χ0v) is 35.5. The van der Waals surface area contributed by atoms with Crippen molar-refractivity contribution in [1.82, 2.24) is 0 Å². The number of ether oxygens (including phenoxy) is 10. The average molecular weight is 871 g/mol. The maximum atomic E-state index is 12.6. The number of hydrogen-bond acceptors (Lipinski definition) is 17. The molecule has 0 spiro atoms. The highest BCUT2D eigenvalue weighted by molar-refractivity contribution is 8.77. The Morgan fingerprint density at radius 2 is 0.783 bits per heavy atom. The summed E-state index contributed by atoms with van der Waals surface area (Å²) < 4.78 is 60.9. The summed E-state index contributed by atoms with van der Waals surface area (Å²) >= 11 is 0. The van der Waals surface area contributed by atoms with E-state index < -0.39 is 89.6 Å². The van der Waals surface area contributed by atoms with Crippen LogP contribution in [0.2, 0.25) is 0 Å². The highest BCUT2D eigenvalue weighted by Gasteiger charge is 2.54. The summed E-state index contributed by atoms with van der Waals surface area (Å²) in [5.41, 5.74) is 0.627. The number of esters is 5. The van der Waals surface area contributed by atoms with Gasteiger partial charge in [-0.2, -0.15) is 0 Å². The summed E-state index contributed by atoms with van der Waals surface area (Å²) in [6.45, 7) is 5.91. The van der Waals surface area contributed by atoms with Gasteiger partial charge in [-0.05, 0) is 16.7 Å². The second-order valence-electron chi connectivity index (χ2n) is 13.9. The predicted octanol–water partition coefficient (Wildman–Crippen LogP) is 5.50. The Balaban J connectivity index is 1.52. The fourth-order valence-corrected chi connectivity index (χ4v) is 9.38. The quantitative estimate of drug-likeness (QED) is 0.0838. The predicted molar refractivity (Wildman–Crippen MR) is 217 cm³/mol. The van der Waals surface area contributed by atoms with Crippen molar-refractivity contribution in [2.75, 3.05) is 13.2 Å². The molecule has 2 saturated heterocycles. The molecule has 0 amide bonds. The van der Waals surface area contributed by atoms with Gasteiger partial charge in [0.15, 0.2) is 23.7 Å². The van der Waals surface area contributed by atoms with Crippen molar-refractivity contribution in [2.45, 2.75) is 114 Å². The molecule has 2 fully saturated rings. The summed E-state index contributed by atoms with van der Waals surface area (Å²) in [4.78, 5) is 61.5. The molecular formula is C43H50O15S2. The molecule has 17 heteroatoms. The third-order valence-corrected chi connectivity index (χ3v) is 11.8. The van der Waals surface area contributed by atoms with Crippen molar-refractivity contribution in [1.29, 1.82) is 0 Å². The second kappa shape index (κ2) is 23.5. The van der Waals surface area contributed by atoms with E-state index in [2.05, 4.69) is 0 Å². The van der Waals surface area contributed by atoms with Crippen molar-refractivity contribution in [3.05, 3.63) is 108 Å². The second-order valence-corrected chi connectivity index (χ2v) is 16.4. The fraction of sp³-hybridized carbons (Fsp3) is 0.465. The lowest BCUT2D eigenvalue weighted by atomic mass is 9.99. The SMILES string of the molecule is CC(=O)OC[C@H]1O[C@H](SS[C@@H]2O[C@H](COC(C)=O)[C@@H](OC(C)=O)[C@H](OC(C)=O)[C@H]2OC(C)=O)[C@H](OCc2ccccc2)[C@@H](OCc2ccccc2)[C@@H]1OCc1ccccc1. The molecule has 0 bridgehead atoms. The van der Waals surface area contributed by atoms with E-state index in [1.54, 1.807) is 0 Å². The molecule has 5 rings (SSSR count). The number of hydrogen-bond donors (Lipinski definition) is 0. The van der Waals surface area contributed by atoms with Crippen LogP contribution in [0.25, 0.3) is 0 Å². The van der Waals surface area contributed by atoms with Crippen LogP contribution in [0.1, 0.15) is 51.3 Å². The Kier molecular flexibility index (Phi) is 18.2. The van der Waals surface area contributed by atoms with Crippen LogP contribution in [-0.2, 0) is 91.2 Å². The lowest BCUT2D eigenvalue weighted by Gasteiger charge is -2.47. The molecule has 0 N–H and O–H groups in total. The minimum atomic E-state index is -1.37. The molecule has 60 heavy (non-hydrogen) atoms. The van der Waals surface area contributed by atoms with Crippen LogP contribution in [-0.4, -0.2) is 103 Å². The van der Waals surface area contributed by atoms with Crippen LogP contribution in [0.15, 0.2) is 91.0 Å². The van der Waals surface area contributed by atoms with E-state index in [0.29, 0.717) is 0 Å². The van der Waals surface area contributed by atoms with Gasteiger partial charge >= 0.3 is 29.8 Å². The van der Waals surface area contributed by atoms with E-state index in [9.17, 15) is 24.0 Å². The highest BCUT2D eigenvalue weighted by Crippen LogP contribution is 2.45. The zero-order valence-electron chi connectivity index (χ0n) is 33.9. The third-order valence-electron chi connectivity index (χ3n) is 9.09. The van der Waals surface area contributed by atoms with E-state index >= 15 is 0 Å². The fourth-order valence-electron chi connectivity index (χ4n) is 6.53. The molecule has 0 unspecified atom stereocenters. The lowest BCUT2D eigenvalue weighted by Crippen LogP contribution is -2.62. The maximum Gasteiger partial charge on any atom is 0.303 e. The van der Waals surface area contributed by atoms with E-state index in [0.717, 1.165) is 52.1 Å². The number of rotatable bonds is 19. The molecule has 2 aliphatic heterocycles. The smallest absolute Gasteiger partial charge is 0.303 e. The van der Waals surface area contributed by atoms with Crippen molar-refractivity contribution in [2.24, 2.45) is 0 Å². The Labute approximate surface area is 356 Å². The van der Waals surface area contributed by atoms with Crippen LogP contribution >= 0.6 is 21.6 Å². The van der Waals surface area contributed by atoms with Crippen molar-refractivity contribution in [3.63, 3.8) is 0 Å². The Morgan fingerprint density at radius 3 is 1.20 bits per heavy atom. The maximum absolute atomic E-state index is 12.6. The van der Waals surface area contributed by atoms with Crippen LogP contribution in [0.4, 0.5) is 0 Å². The molecule has 15 nitrogen and oxygen atoms in total. The van der Waals surface area contributed by atoms with Crippen molar-refractivity contribution < 1.29 is 71.3 Å². The Morgan fingerprint density at radius 1 is 0.433 bits per heavy atom. The van der Waals surface area contributed by atoms with Gasteiger partial charge in [-0.3, -0.25) is 24.0 Å². The minimum Gasteiger partial charge on any atom is -0.463 e. The molecule has 3 aromatic carbocycles. The molecular weight excluding hydrogens is 821 g/mol. The van der Waals surface area contributed by atoms with Gasteiger partial charge in [0, 0.05) is 34.6 Å². The topological polar surface area (TPSA) is 178 Å². The van der Waals surface area contributed by atoms with Crippen LogP contribution < -0.4 is 0 Å². The molecule has 0 radical (unpaired) electrons. The van der Waals surface area contributed by atoms with Gasteiger partial charge in [0.25, 0.3) is 0 Å². The summed E-state index contributed by atoms with van der Waals surface area (Å²) in [7, 11) is 2.20. The summed E-state index contributed by atoms with van der Waals surface area (Å²) in [6.07, 6.45) is -8.53. The van der Waals surface area contributed by atoms with Crippen LogP contribution in [0, 0.1) is 0 Å². The molecule has 0 aromatic heterocycles. The van der Waals surface area contributed by atoms with Crippen molar-refractivity contribution in [3.8, 4) is 0 Å².